The lowest BCUT2D eigenvalue weighted by atomic mass is 10.1. The second-order valence-electron chi connectivity index (χ2n) is 4.89. The molecule has 6 nitrogen and oxygen atoms in total. The number of aromatic nitrogens is 1. The summed E-state index contributed by atoms with van der Waals surface area (Å²) < 4.78 is 15.5. The number of benzene rings is 1. The van der Waals surface area contributed by atoms with E-state index in [4.69, 9.17) is 14.0 Å². The van der Waals surface area contributed by atoms with Crippen LogP contribution in [0, 0.1) is 13.8 Å². The van der Waals surface area contributed by atoms with Crippen molar-refractivity contribution in [3.05, 3.63) is 40.8 Å². The summed E-state index contributed by atoms with van der Waals surface area (Å²) in [5.74, 6) is 1.72. The topological polar surface area (TPSA) is 73.6 Å². The average Bonchev–Trinajstić information content (AvgIpc) is 2.86. The molecule has 6 heteroatoms. The van der Waals surface area contributed by atoms with Gasteiger partial charge in [-0.05, 0) is 38.0 Å². The quantitative estimate of drug-likeness (QED) is 0.886. The van der Waals surface area contributed by atoms with Gasteiger partial charge in [-0.3, -0.25) is 4.79 Å². The zero-order valence-electron chi connectivity index (χ0n) is 13.2. The molecule has 2 rings (SSSR count). The van der Waals surface area contributed by atoms with E-state index < -0.39 is 0 Å². The van der Waals surface area contributed by atoms with Crippen molar-refractivity contribution in [2.45, 2.75) is 20.3 Å². The second-order valence-corrected chi connectivity index (χ2v) is 4.89. The highest BCUT2D eigenvalue weighted by Gasteiger charge is 2.16. The molecule has 0 spiro atoms. The highest BCUT2D eigenvalue weighted by Crippen LogP contribution is 2.27. The smallest absolute Gasteiger partial charge is 0.256 e. The maximum atomic E-state index is 12.1. The molecule has 22 heavy (non-hydrogen) atoms. The summed E-state index contributed by atoms with van der Waals surface area (Å²) in [6, 6.07) is 5.70. The van der Waals surface area contributed by atoms with Gasteiger partial charge in [0.1, 0.15) is 11.3 Å². The van der Waals surface area contributed by atoms with Crippen molar-refractivity contribution in [1.29, 1.82) is 0 Å². The molecule has 118 valence electrons. The van der Waals surface area contributed by atoms with Crippen molar-refractivity contribution in [3.63, 3.8) is 0 Å². The van der Waals surface area contributed by atoms with E-state index in [1.54, 1.807) is 28.1 Å². The van der Waals surface area contributed by atoms with Gasteiger partial charge in [0, 0.05) is 6.54 Å². The fraction of sp³-hybridized carbons (Fsp3) is 0.375. The van der Waals surface area contributed by atoms with Crippen LogP contribution in [0.1, 0.15) is 27.4 Å². The zero-order chi connectivity index (χ0) is 16.1. The molecule has 0 radical (unpaired) electrons. The molecule has 0 saturated heterocycles. The standard InChI is InChI=1S/C16H20N2O4/c1-10-15(11(2)22-18-10)16(19)17-8-7-12-5-6-13(20-3)14(9-12)21-4/h5-6,9H,7-8H2,1-4H3,(H,17,19). The first-order chi connectivity index (χ1) is 10.6. The Kier molecular flexibility index (Phi) is 5.04. The van der Waals surface area contributed by atoms with E-state index in [9.17, 15) is 4.79 Å². The van der Waals surface area contributed by atoms with E-state index >= 15 is 0 Å². The predicted octanol–water partition coefficient (Wildman–Crippen LogP) is 2.28. The first kappa shape index (κ1) is 15.9. The van der Waals surface area contributed by atoms with Gasteiger partial charge in [0.2, 0.25) is 0 Å². The molecule has 1 heterocycles. The Bertz CT molecular complexity index is 645. The van der Waals surface area contributed by atoms with Crippen molar-refractivity contribution < 1.29 is 18.8 Å². The van der Waals surface area contributed by atoms with Crippen molar-refractivity contribution in [3.8, 4) is 11.5 Å². The van der Waals surface area contributed by atoms with Crippen molar-refractivity contribution >= 4 is 5.91 Å². The maximum absolute atomic E-state index is 12.1. The lowest BCUT2D eigenvalue weighted by molar-refractivity contribution is 0.0952. The predicted molar refractivity (Wildman–Crippen MR) is 81.6 cm³/mol. The van der Waals surface area contributed by atoms with Gasteiger partial charge in [0.25, 0.3) is 5.91 Å². The number of carbonyl (C=O) groups excluding carboxylic acids is 1. The van der Waals surface area contributed by atoms with Crippen LogP contribution >= 0.6 is 0 Å². The van der Waals surface area contributed by atoms with Gasteiger partial charge in [-0.1, -0.05) is 11.2 Å². The molecular weight excluding hydrogens is 284 g/mol. The van der Waals surface area contributed by atoms with E-state index in [1.807, 2.05) is 18.2 Å². The number of methoxy groups -OCH3 is 2. The number of hydrogen-bond donors (Lipinski definition) is 1. The summed E-state index contributed by atoms with van der Waals surface area (Å²) in [6.45, 7) is 3.99. The zero-order valence-corrected chi connectivity index (χ0v) is 13.2. The third kappa shape index (κ3) is 3.39. The van der Waals surface area contributed by atoms with Gasteiger partial charge < -0.3 is 19.3 Å². The molecule has 0 saturated carbocycles. The molecule has 1 N–H and O–H groups in total. The van der Waals surface area contributed by atoms with E-state index in [2.05, 4.69) is 10.5 Å². The van der Waals surface area contributed by atoms with Crippen LogP contribution in [0.25, 0.3) is 0 Å². The van der Waals surface area contributed by atoms with E-state index in [-0.39, 0.29) is 5.91 Å². The monoisotopic (exact) mass is 304 g/mol. The number of nitrogens with one attached hydrogen (secondary N) is 1. The first-order valence-electron chi connectivity index (χ1n) is 6.98. The fourth-order valence-corrected chi connectivity index (χ4v) is 2.25. The van der Waals surface area contributed by atoms with E-state index in [0.29, 0.717) is 41.5 Å². The Morgan fingerprint density at radius 2 is 1.95 bits per heavy atom. The average molecular weight is 304 g/mol. The van der Waals surface area contributed by atoms with Gasteiger partial charge in [0.05, 0.1) is 19.9 Å². The molecule has 2 aromatic rings. The van der Waals surface area contributed by atoms with Gasteiger partial charge in [0.15, 0.2) is 11.5 Å². The SMILES string of the molecule is COc1ccc(CCNC(=O)c2c(C)noc2C)cc1OC. The molecule has 1 amide bonds. The Balaban J connectivity index is 1.95. The minimum absolute atomic E-state index is 0.170. The number of carbonyl (C=O) groups is 1. The molecule has 0 bridgehead atoms. The Labute approximate surface area is 129 Å². The third-order valence-electron chi connectivity index (χ3n) is 3.41. The normalized spacial score (nSPS) is 10.4. The fourth-order valence-electron chi connectivity index (χ4n) is 2.25. The summed E-state index contributed by atoms with van der Waals surface area (Å²) in [5, 5.41) is 6.65. The van der Waals surface area contributed by atoms with Crippen LogP contribution in [-0.2, 0) is 6.42 Å². The minimum atomic E-state index is -0.170. The lowest BCUT2D eigenvalue weighted by Crippen LogP contribution is -2.26. The number of aryl methyl sites for hydroxylation is 2. The molecule has 0 aliphatic heterocycles. The Morgan fingerprint density at radius 1 is 1.23 bits per heavy atom. The number of ether oxygens (including phenoxy) is 2. The van der Waals surface area contributed by atoms with Crippen LogP contribution < -0.4 is 14.8 Å². The van der Waals surface area contributed by atoms with E-state index in [1.165, 1.54) is 0 Å². The molecule has 1 aromatic carbocycles. The van der Waals surface area contributed by atoms with Crippen molar-refractivity contribution in [2.75, 3.05) is 20.8 Å². The van der Waals surface area contributed by atoms with Crippen LogP contribution in [0.3, 0.4) is 0 Å². The minimum Gasteiger partial charge on any atom is -0.493 e. The lowest BCUT2D eigenvalue weighted by Gasteiger charge is -2.10. The second kappa shape index (κ2) is 6.98. The summed E-state index contributed by atoms with van der Waals surface area (Å²) >= 11 is 0. The van der Waals surface area contributed by atoms with Crippen molar-refractivity contribution in [1.82, 2.24) is 10.5 Å². The third-order valence-corrected chi connectivity index (χ3v) is 3.41. The van der Waals surface area contributed by atoms with Gasteiger partial charge in [-0.15, -0.1) is 0 Å². The summed E-state index contributed by atoms with van der Waals surface area (Å²) in [7, 11) is 3.20. The van der Waals surface area contributed by atoms with Gasteiger partial charge >= 0.3 is 0 Å². The van der Waals surface area contributed by atoms with Crippen LogP contribution in [0.15, 0.2) is 22.7 Å². The first-order valence-corrected chi connectivity index (χ1v) is 6.98. The van der Waals surface area contributed by atoms with Gasteiger partial charge in [-0.2, -0.15) is 0 Å². The number of amides is 1. The van der Waals surface area contributed by atoms with Crippen LogP contribution in [0.2, 0.25) is 0 Å². The molecule has 0 atom stereocenters. The number of rotatable bonds is 6. The highest BCUT2D eigenvalue weighted by atomic mass is 16.5. The van der Waals surface area contributed by atoms with Crippen molar-refractivity contribution in [2.24, 2.45) is 0 Å². The van der Waals surface area contributed by atoms with Crippen LogP contribution in [0.4, 0.5) is 0 Å². The number of nitrogens with zero attached hydrogens (tertiary/aromatic N) is 1. The van der Waals surface area contributed by atoms with E-state index in [0.717, 1.165) is 5.56 Å². The summed E-state index contributed by atoms with van der Waals surface area (Å²) in [6.07, 6.45) is 0.690. The molecular formula is C16H20N2O4. The molecule has 0 aliphatic rings. The van der Waals surface area contributed by atoms with Gasteiger partial charge in [-0.25, -0.2) is 0 Å². The Morgan fingerprint density at radius 3 is 2.55 bits per heavy atom. The van der Waals surface area contributed by atoms with Crippen LogP contribution in [0.5, 0.6) is 11.5 Å². The highest BCUT2D eigenvalue weighted by molar-refractivity contribution is 5.96. The maximum Gasteiger partial charge on any atom is 0.256 e. The largest absolute Gasteiger partial charge is 0.493 e. The Hall–Kier alpha value is -2.50. The number of hydrogen-bond acceptors (Lipinski definition) is 5. The molecule has 0 aliphatic carbocycles. The van der Waals surface area contributed by atoms with Crippen LogP contribution in [-0.4, -0.2) is 31.8 Å². The summed E-state index contributed by atoms with van der Waals surface area (Å²) in [4.78, 5) is 12.1. The molecule has 1 aromatic heterocycles. The molecule has 0 fully saturated rings. The summed E-state index contributed by atoms with van der Waals surface area (Å²) in [5.41, 5.74) is 2.16. The molecule has 0 unspecified atom stereocenters.